The average Bonchev–Trinajstić information content (AvgIpc) is 2.77. The van der Waals surface area contributed by atoms with Gasteiger partial charge in [-0.05, 0) is 31.5 Å². The van der Waals surface area contributed by atoms with E-state index in [9.17, 15) is 9.59 Å². The van der Waals surface area contributed by atoms with Crippen LogP contribution in [0.1, 0.15) is 19.4 Å². The number of nitrogens with zero attached hydrogens (tertiary/aromatic N) is 2. The van der Waals surface area contributed by atoms with Crippen LogP contribution in [-0.4, -0.2) is 50.0 Å². The Morgan fingerprint density at radius 3 is 2.24 bits per heavy atom. The van der Waals surface area contributed by atoms with Crippen molar-refractivity contribution < 1.29 is 14.3 Å². The van der Waals surface area contributed by atoms with Crippen LogP contribution in [0.3, 0.4) is 0 Å². The standard InChI is InChI=1S/C23H29N3O3/c1-23(2,21(27)24-17-18-9-5-4-6-10-18)22(28)26-15-13-25(14-16-26)19-11-7-8-12-20(19)29-3/h4-12H,13-17H2,1-3H3,(H,24,27). The lowest BCUT2D eigenvalue weighted by molar-refractivity contribution is -0.148. The molecule has 0 radical (unpaired) electrons. The van der Waals surface area contributed by atoms with E-state index in [1.807, 2.05) is 54.6 Å². The molecule has 0 aliphatic carbocycles. The first-order valence-corrected chi connectivity index (χ1v) is 9.93. The molecule has 3 rings (SSSR count). The normalized spacial score (nSPS) is 14.4. The van der Waals surface area contributed by atoms with Crippen LogP contribution in [0.15, 0.2) is 54.6 Å². The smallest absolute Gasteiger partial charge is 0.237 e. The van der Waals surface area contributed by atoms with E-state index in [0.29, 0.717) is 32.7 Å². The zero-order valence-electron chi connectivity index (χ0n) is 17.4. The third-order valence-corrected chi connectivity index (χ3v) is 5.39. The molecule has 1 saturated heterocycles. The van der Waals surface area contributed by atoms with Crippen molar-refractivity contribution in [1.29, 1.82) is 0 Å². The number of nitrogens with one attached hydrogen (secondary N) is 1. The fourth-order valence-electron chi connectivity index (χ4n) is 3.53. The van der Waals surface area contributed by atoms with Gasteiger partial charge >= 0.3 is 0 Å². The van der Waals surface area contributed by atoms with Crippen molar-refractivity contribution in [2.75, 3.05) is 38.2 Å². The molecule has 1 aliphatic heterocycles. The topological polar surface area (TPSA) is 61.9 Å². The van der Waals surface area contributed by atoms with Gasteiger partial charge in [-0.25, -0.2) is 0 Å². The molecule has 1 heterocycles. The summed E-state index contributed by atoms with van der Waals surface area (Å²) in [5.74, 6) is 0.439. The number of ether oxygens (including phenoxy) is 1. The Morgan fingerprint density at radius 2 is 1.59 bits per heavy atom. The number of hydrogen-bond acceptors (Lipinski definition) is 4. The van der Waals surface area contributed by atoms with Gasteiger partial charge in [0.25, 0.3) is 0 Å². The van der Waals surface area contributed by atoms with Gasteiger partial charge in [-0.2, -0.15) is 0 Å². The summed E-state index contributed by atoms with van der Waals surface area (Å²) in [6.45, 7) is 6.36. The minimum absolute atomic E-state index is 0.136. The zero-order chi connectivity index (χ0) is 20.9. The molecule has 6 nitrogen and oxygen atoms in total. The number of benzene rings is 2. The van der Waals surface area contributed by atoms with Gasteiger partial charge in [0.15, 0.2) is 0 Å². The summed E-state index contributed by atoms with van der Waals surface area (Å²) in [6.07, 6.45) is 0. The van der Waals surface area contributed by atoms with Gasteiger partial charge in [0.2, 0.25) is 11.8 Å². The van der Waals surface area contributed by atoms with Crippen LogP contribution in [0, 0.1) is 5.41 Å². The minimum atomic E-state index is -1.11. The Balaban J connectivity index is 1.58. The molecule has 29 heavy (non-hydrogen) atoms. The summed E-state index contributed by atoms with van der Waals surface area (Å²) in [5.41, 5.74) is 0.929. The van der Waals surface area contributed by atoms with Gasteiger partial charge in [0.1, 0.15) is 11.2 Å². The van der Waals surface area contributed by atoms with E-state index in [4.69, 9.17) is 4.74 Å². The first kappa shape index (κ1) is 20.7. The second-order valence-corrected chi connectivity index (χ2v) is 7.74. The summed E-state index contributed by atoms with van der Waals surface area (Å²) in [7, 11) is 1.66. The highest BCUT2D eigenvalue weighted by Crippen LogP contribution is 2.29. The first-order chi connectivity index (χ1) is 13.9. The number of methoxy groups -OCH3 is 1. The SMILES string of the molecule is COc1ccccc1N1CCN(C(=O)C(C)(C)C(=O)NCc2ccccc2)CC1. The lowest BCUT2D eigenvalue weighted by Gasteiger charge is -2.39. The van der Waals surface area contributed by atoms with Crippen LogP contribution < -0.4 is 15.0 Å². The molecule has 2 aromatic carbocycles. The molecule has 0 spiro atoms. The summed E-state index contributed by atoms with van der Waals surface area (Å²) >= 11 is 0. The molecule has 6 heteroatoms. The van der Waals surface area contributed by atoms with Gasteiger partial charge in [0.05, 0.1) is 12.8 Å². The van der Waals surface area contributed by atoms with E-state index in [1.54, 1.807) is 25.9 Å². The van der Waals surface area contributed by atoms with Gasteiger partial charge in [-0.15, -0.1) is 0 Å². The van der Waals surface area contributed by atoms with Gasteiger partial charge in [-0.3, -0.25) is 9.59 Å². The molecule has 2 aromatic rings. The van der Waals surface area contributed by atoms with E-state index in [2.05, 4.69) is 10.2 Å². The number of amides is 2. The number of hydrogen-bond donors (Lipinski definition) is 1. The van der Waals surface area contributed by atoms with Crippen molar-refractivity contribution in [3.63, 3.8) is 0 Å². The van der Waals surface area contributed by atoms with Gasteiger partial charge < -0.3 is 19.9 Å². The fraction of sp³-hybridized carbons (Fsp3) is 0.391. The van der Waals surface area contributed by atoms with Crippen LogP contribution in [0.5, 0.6) is 5.75 Å². The predicted molar refractivity (Wildman–Crippen MR) is 114 cm³/mol. The number of rotatable bonds is 6. The quantitative estimate of drug-likeness (QED) is 0.764. The number of piperazine rings is 1. The van der Waals surface area contributed by atoms with Crippen molar-refractivity contribution in [1.82, 2.24) is 10.2 Å². The van der Waals surface area contributed by atoms with E-state index in [0.717, 1.165) is 17.0 Å². The minimum Gasteiger partial charge on any atom is -0.495 e. The van der Waals surface area contributed by atoms with Crippen LogP contribution in [0.2, 0.25) is 0 Å². The lowest BCUT2D eigenvalue weighted by atomic mass is 9.89. The Bertz CT molecular complexity index is 843. The van der Waals surface area contributed by atoms with Crippen molar-refractivity contribution in [2.45, 2.75) is 20.4 Å². The Hall–Kier alpha value is -3.02. The van der Waals surface area contributed by atoms with Crippen LogP contribution in [0.25, 0.3) is 0 Å². The maximum absolute atomic E-state index is 13.1. The average molecular weight is 396 g/mol. The third kappa shape index (κ3) is 4.70. The van der Waals surface area contributed by atoms with E-state index in [-0.39, 0.29) is 11.8 Å². The molecule has 2 amide bonds. The summed E-state index contributed by atoms with van der Waals surface area (Å²) in [5, 5.41) is 2.90. The number of anilines is 1. The number of carbonyl (C=O) groups excluding carboxylic acids is 2. The highest BCUT2D eigenvalue weighted by molar-refractivity contribution is 6.04. The molecular formula is C23H29N3O3. The Morgan fingerprint density at radius 1 is 0.966 bits per heavy atom. The Labute approximate surface area is 172 Å². The summed E-state index contributed by atoms with van der Waals surface area (Å²) < 4.78 is 5.45. The van der Waals surface area contributed by atoms with Crippen LogP contribution in [0.4, 0.5) is 5.69 Å². The molecule has 1 N–H and O–H groups in total. The van der Waals surface area contributed by atoms with Gasteiger partial charge in [-0.1, -0.05) is 42.5 Å². The maximum atomic E-state index is 13.1. The molecule has 0 bridgehead atoms. The van der Waals surface area contributed by atoms with E-state index >= 15 is 0 Å². The highest BCUT2D eigenvalue weighted by atomic mass is 16.5. The number of carbonyl (C=O) groups is 2. The first-order valence-electron chi connectivity index (χ1n) is 9.93. The number of para-hydroxylation sites is 2. The summed E-state index contributed by atoms with van der Waals surface area (Å²) in [4.78, 5) is 29.8. The van der Waals surface area contributed by atoms with Crippen LogP contribution >= 0.6 is 0 Å². The van der Waals surface area contributed by atoms with E-state index in [1.165, 1.54) is 0 Å². The molecule has 0 aromatic heterocycles. The third-order valence-electron chi connectivity index (χ3n) is 5.39. The largest absolute Gasteiger partial charge is 0.495 e. The molecule has 1 aliphatic rings. The summed E-state index contributed by atoms with van der Waals surface area (Å²) in [6, 6.07) is 17.6. The Kier molecular flexibility index (Phi) is 6.42. The predicted octanol–water partition coefficient (Wildman–Crippen LogP) is 2.69. The second-order valence-electron chi connectivity index (χ2n) is 7.74. The van der Waals surface area contributed by atoms with Gasteiger partial charge in [0, 0.05) is 32.7 Å². The fourth-order valence-corrected chi connectivity index (χ4v) is 3.53. The molecular weight excluding hydrogens is 366 g/mol. The van der Waals surface area contributed by atoms with E-state index < -0.39 is 5.41 Å². The lowest BCUT2D eigenvalue weighted by Crippen LogP contribution is -2.55. The van der Waals surface area contributed by atoms with Crippen molar-refractivity contribution in [2.24, 2.45) is 5.41 Å². The highest BCUT2D eigenvalue weighted by Gasteiger charge is 2.40. The second kappa shape index (κ2) is 8.99. The molecule has 0 atom stereocenters. The maximum Gasteiger partial charge on any atom is 0.237 e. The molecule has 1 fully saturated rings. The van der Waals surface area contributed by atoms with Crippen molar-refractivity contribution >= 4 is 17.5 Å². The van der Waals surface area contributed by atoms with Crippen LogP contribution in [-0.2, 0) is 16.1 Å². The molecule has 0 saturated carbocycles. The molecule has 154 valence electrons. The monoisotopic (exact) mass is 395 g/mol. The zero-order valence-corrected chi connectivity index (χ0v) is 17.4. The van der Waals surface area contributed by atoms with Crippen molar-refractivity contribution in [3.8, 4) is 5.75 Å². The van der Waals surface area contributed by atoms with Crippen molar-refractivity contribution in [3.05, 3.63) is 60.2 Å². The molecule has 0 unspecified atom stereocenters.